The van der Waals surface area contributed by atoms with Gasteiger partial charge in [-0.3, -0.25) is 9.69 Å². The lowest BCUT2D eigenvalue weighted by molar-refractivity contribution is -0.122. The molecule has 1 heterocycles. The predicted octanol–water partition coefficient (Wildman–Crippen LogP) is 3.62. The van der Waals surface area contributed by atoms with Crippen molar-refractivity contribution < 1.29 is 4.79 Å². The Labute approximate surface area is 137 Å². The highest BCUT2D eigenvalue weighted by Crippen LogP contribution is 2.18. The monoisotopic (exact) mass is 316 g/mol. The van der Waals surface area contributed by atoms with Crippen molar-refractivity contribution >= 4 is 17.2 Å². The highest BCUT2D eigenvalue weighted by molar-refractivity contribution is 7.11. The molecule has 4 heteroatoms. The van der Waals surface area contributed by atoms with Crippen molar-refractivity contribution in [1.29, 1.82) is 0 Å². The van der Waals surface area contributed by atoms with Crippen LogP contribution in [0.2, 0.25) is 0 Å². The zero-order valence-electron chi connectivity index (χ0n) is 13.5. The SMILES string of the molecule is CCc1ccc(CNC(=O)CN(C)C(C)c2ccccc2)s1. The third kappa shape index (κ3) is 4.68. The summed E-state index contributed by atoms with van der Waals surface area (Å²) in [6.45, 7) is 5.29. The molecule has 0 bridgehead atoms. The molecule has 0 saturated carbocycles. The van der Waals surface area contributed by atoms with E-state index in [1.165, 1.54) is 15.3 Å². The number of likely N-dealkylation sites (N-methyl/N-ethyl adjacent to an activating group) is 1. The summed E-state index contributed by atoms with van der Waals surface area (Å²) in [6, 6.07) is 14.7. The molecular formula is C18H24N2OS. The van der Waals surface area contributed by atoms with Gasteiger partial charge in [-0.1, -0.05) is 37.3 Å². The molecule has 0 aliphatic carbocycles. The first-order valence-corrected chi connectivity index (χ1v) is 8.51. The van der Waals surface area contributed by atoms with Crippen LogP contribution in [0.15, 0.2) is 42.5 Å². The second-order valence-corrected chi connectivity index (χ2v) is 6.75. The lowest BCUT2D eigenvalue weighted by atomic mass is 10.1. The van der Waals surface area contributed by atoms with Crippen LogP contribution in [0.3, 0.4) is 0 Å². The number of hydrogen-bond donors (Lipinski definition) is 1. The van der Waals surface area contributed by atoms with E-state index >= 15 is 0 Å². The minimum Gasteiger partial charge on any atom is -0.350 e. The van der Waals surface area contributed by atoms with Crippen LogP contribution in [0, 0.1) is 0 Å². The first-order chi connectivity index (χ1) is 10.6. The number of amides is 1. The Hall–Kier alpha value is -1.65. The molecule has 3 nitrogen and oxygen atoms in total. The Balaban J connectivity index is 1.81. The Morgan fingerprint density at radius 2 is 1.86 bits per heavy atom. The quantitative estimate of drug-likeness (QED) is 0.846. The van der Waals surface area contributed by atoms with Crippen molar-refractivity contribution in [3.8, 4) is 0 Å². The van der Waals surface area contributed by atoms with Gasteiger partial charge in [0.05, 0.1) is 13.1 Å². The van der Waals surface area contributed by atoms with E-state index < -0.39 is 0 Å². The molecule has 1 aromatic heterocycles. The standard InChI is InChI=1S/C18H24N2OS/c1-4-16-10-11-17(22-16)12-19-18(21)13-20(3)14(2)15-8-6-5-7-9-15/h5-11,14H,4,12-13H2,1-3H3,(H,19,21). The van der Waals surface area contributed by atoms with E-state index in [2.05, 4.69) is 48.3 Å². The largest absolute Gasteiger partial charge is 0.350 e. The Kier molecular flexibility index (Phi) is 6.16. The third-order valence-corrected chi connectivity index (χ3v) is 5.09. The third-order valence-electron chi connectivity index (χ3n) is 3.86. The van der Waals surface area contributed by atoms with Gasteiger partial charge in [0.25, 0.3) is 0 Å². The van der Waals surface area contributed by atoms with Gasteiger partial charge in [-0.05, 0) is 38.1 Å². The van der Waals surface area contributed by atoms with Gasteiger partial charge in [0.1, 0.15) is 0 Å². The van der Waals surface area contributed by atoms with Gasteiger partial charge in [-0.25, -0.2) is 0 Å². The molecule has 118 valence electrons. The summed E-state index contributed by atoms with van der Waals surface area (Å²) in [5.41, 5.74) is 1.23. The van der Waals surface area contributed by atoms with E-state index in [-0.39, 0.29) is 11.9 Å². The summed E-state index contributed by atoms with van der Waals surface area (Å²) in [5.74, 6) is 0.0664. The molecule has 0 aliphatic rings. The van der Waals surface area contributed by atoms with Gasteiger partial charge < -0.3 is 5.32 Å². The molecule has 0 saturated heterocycles. The summed E-state index contributed by atoms with van der Waals surface area (Å²) in [7, 11) is 1.98. The van der Waals surface area contributed by atoms with Crippen LogP contribution in [-0.2, 0) is 17.8 Å². The number of aryl methyl sites for hydroxylation is 1. The fourth-order valence-electron chi connectivity index (χ4n) is 2.30. The summed E-state index contributed by atoms with van der Waals surface area (Å²) >= 11 is 1.77. The van der Waals surface area contributed by atoms with Crippen molar-refractivity contribution in [2.24, 2.45) is 0 Å². The molecule has 1 aromatic carbocycles. The average Bonchev–Trinajstić information content (AvgIpc) is 3.01. The molecular weight excluding hydrogens is 292 g/mol. The number of hydrogen-bond acceptors (Lipinski definition) is 3. The fraction of sp³-hybridized carbons (Fsp3) is 0.389. The first-order valence-electron chi connectivity index (χ1n) is 7.69. The van der Waals surface area contributed by atoms with Crippen LogP contribution in [0.1, 0.15) is 35.2 Å². The number of thiophene rings is 1. The van der Waals surface area contributed by atoms with Crippen molar-refractivity contribution in [3.05, 3.63) is 57.8 Å². The first kappa shape index (κ1) is 16.7. The molecule has 0 aliphatic heterocycles. The molecule has 1 unspecified atom stereocenters. The topological polar surface area (TPSA) is 32.3 Å². The van der Waals surface area contributed by atoms with Crippen molar-refractivity contribution in [2.45, 2.75) is 32.9 Å². The van der Waals surface area contributed by atoms with E-state index in [4.69, 9.17) is 0 Å². The number of nitrogens with zero attached hydrogens (tertiary/aromatic N) is 1. The van der Waals surface area contributed by atoms with Crippen LogP contribution in [0.25, 0.3) is 0 Å². The summed E-state index contributed by atoms with van der Waals surface area (Å²) in [6.07, 6.45) is 1.05. The zero-order chi connectivity index (χ0) is 15.9. The maximum Gasteiger partial charge on any atom is 0.234 e. The number of carbonyl (C=O) groups is 1. The van der Waals surface area contributed by atoms with E-state index in [1.807, 2.05) is 25.2 Å². The van der Waals surface area contributed by atoms with Crippen LogP contribution >= 0.6 is 11.3 Å². The molecule has 0 radical (unpaired) electrons. The zero-order valence-corrected chi connectivity index (χ0v) is 14.3. The molecule has 1 atom stereocenters. The van der Waals surface area contributed by atoms with E-state index in [9.17, 15) is 4.79 Å². The lowest BCUT2D eigenvalue weighted by Gasteiger charge is -2.24. The molecule has 2 aromatic rings. The van der Waals surface area contributed by atoms with Crippen molar-refractivity contribution in [2.75, 3.05) is 13.6 Å². The number of benzene rings is 1. The molecule has 1 N–H and O–H groups in total. The van der Waals surface area contributed by atoms with E-state index in [1.54, 1.807) is 11.3 Å². The number of carbonyl (C=O) groups excluding carboxylic acids is 1. The van der Waals surface area contributed by atoms with Crippen LogP contribution in [0.4, 0.5) is 0 Å². The van der Waals surface area contributed by atoms with E-state index in [0.29, 0.717) is 13.1 Å². The minimum atomic E-state index is 0.0664. The van der Waals surface area contributed by atoms with Gasteiger partial charge in [0, 0.05) is 15.8 Å². The maximum atomic E-state index is 12.1. The smallest absolute Gasteiger partial charge is 0.234 e. The van der Waals surface area contributed by atoms with Gasteiger partial charge in [-0.2, -0.15) is 0 Å². The van der Waals surface area contributed by atoms with E-state index in [0.717, 1.165) is 6.42 Å². The van der Waals surface area contributed by atoms with Crippen molar-refractivity contribution in [3.63, 3.8) is 0 Å². The molecule has 1 amide bonds. The molecule has 2 rings (SSSR count). The van der Waals surface area contributed by atoms with Crippen molar-refractivity contribution in [1.82, 2.24) is 10.2 Å². The Morgan fingerprint density at radius 1 is 1.18 bits per heavy atom. The van der Waals surface area contributed by atoms with Crippen LogP contribution in [-0.4, -0.2) is 24.4 Å². The fourth-order valence-corrected chi connectivity index (χ4v) is 3.20. The molecule has 0 fully saturated rings. The number of nitrogens with one attached hydrogen (secondary N) is 1. The molecule has 0 spiro atoms. The highest BCUT2D eigenvalue weighted by atomic mass is 32.1. The normalized spacial score (nSPS) is 12.4. The summed E-state index contributed by atoms with van der Waals surface area (Å²) in [4.78, 5) is 16.7. The minimum absolute atomic E-state index is 0.0664. The van der Waals surface area contributed by atoms with Gasteiger partial charge in [0.2, 0.25) is 5.91 Å². The van der Waals surface area contributed by atoms with Crippen LogP contribution < -0.4 is 5.32 Å². The van der Waals surface area contributed by atoms with Gasteiger partial charge in [-0.15, -0.1) is 11.3 Å². The lowest BCUT2D eigenvalue weighted by Crippen LogP contribution is -2.36. The maximum absolute atomic E-state index is 12.1. The summed E-state index contributed by atoms with van der Waals surface area (Å²) < 4.78 is 0. The Morgan fingerprint density at radius 3 is 2.50 bits per heavy atom. The van der Waals surface area contributed by atoms with Gasteiger partial charge in [0.15, 0.2) is 0 Å². The number of rotatable bonds is 7. The van der Waals surface area contributed by atoms with Gasteiger partial charge >= 0.3 is 0 Å². The van der Waals surface area contributed by atoms with Crippen LogP contribution in [0.5, 0.6) is 0 Å². The highest BCUT2D eigenvalue weighted by Gasteiger charge is 2.14. The molecule has 22 heavy (non-hydrogen) atoms. The Bertz CT molecular complexity index is 594. The average molecular weight is 316 g/mol. The predicted molar refractivity (Wildman–Crippen MR) is 93.0 cm³/mol. The second kappa shape index (κ2) is 8.11. The summed E-state index contributed by atoms with van der Waals surface area (Å²) in [5, 5.41) is 3.00. The second-order valence-electron chi connectivity index (χ2n) is 5.50.